The molecule has 1 aliphatic carbocycles. The van der Waals surface area contributed by atoms with E-state index >= 15 is 0 Å². The van der Waals surface area contributed by atoms with E-state index in [2.05, 4.69) is 6.58 Å². The Morgan fingerprint density at radius 3 is 2.17 bits per heavy atom. The predicted molar refractivity (Wildman–Crippen MR) is 116 cm³/mol. The zero-order valence-electron chi connectivity index (χ0n) is 17.6. The molecule has 12 heteroatoms. The number of alkyl halides is 2. The first-order valence-corrected chi connectivity index (χ1v) is 10.6. The van der Waals surface area contributed by atoms with Gasteiger partial charge in [0.25, 0.3) is 11.8 Å². The third kappa shape index (κ3) is 3.12. The number of rotatable bonds is 4. The lowest BCUT2D eigenvalue weighted by Crippen LogP contribution is -2.54. The third-order valence-electron chi connectivity index (χ3n) is 6.17. The number of hydrogen-bond donors (Lipinski definition) is 1. The minimum Gasteiger partial charge on any atom is -0.508 e. The Labute approximate surface area is 205 Å². The van der Waals surface area contributed by atoms with E-state index in [4.69, 9.17) is 27.9 Å². The van der Waals surface area contributed by atoms with Crippen molar-refractivity contribution in [1.82, 2.24) is 0 Å². The highest BCUT2D eigenvalue weighted by Crippen LogP contribution is 2.61. The number of hydrogen-bond acceptors (Lipinski definition) is 4. The van der Waals surface area contributed by atoms with Crippen LogP contribution < -0.4 is 9.64 Å². The molecule has 2 aromatic rings. The molecule has 3 unspecified atom stereocenters. The Balaban J connectivity index is 2.02. The van der Waals surface area contributed by atoms with Gasteiger partial charge in [-0.3, -0.25) is 9.59 Å². The first-order chi connectivity index (χ1) is 16.4. The van der Waals surface area contributed by atoms with Crippen LogP contribution in [0.3, 0.4) is 0 Å². The van der Waals surface area contributed by atoms with Crippen molar-refractivity contribution in [2.45, 2.75) is 22.1 Å². The molecule has 1 saturated heterocycles. The molecule has 0 spiro atoms. The van der Waals surface area contributed by atoms with E-state index in [9.17, 15) is 36.6 Å². The maximum atomic E-state index is 14.6. The molecule has 3 atom stereocenters. The molecule has 1 aliphatic heterocycles. The smallest absolute Gasteiger partial charge is 0.258 e. The number of benzene rings is 2. The number of ether oxygens (including phenoxy) is 1. The van der Waals surface area contributed by atoms with Crippen molar-refractivity contribution in [3.63, 3.8) is 0 Å². The second-order valence-corrected chi connectivity index (χ2v) is 9.09. The average molecular weight is 534 g/mol. The van der Waals surface area contributed by atoms with E-state index in [1.165, 1.54) is 37.5 Å². The van der Waals surface area contributed by atoms with Crippen molar-refractivity contribution in [2.75, 3.05) is 12.0 Å². The molecule has 0 radical (unpaired) electrons. The highest BCUT2D eigenvalue weighted by Gasteiger charge is 2.74. The predicted octanol–water partition coefficient (Wildman–Crippen LogP) is 5.22. The third-order valence-corrected chi connectivity index (χ3v) is 7.59. The van der Waals surface area contributed by atoms with Gasteiger partial charge in [-0.15, -0.1) is 23.2 Å². The number of halogens is 7. The summed E-state index contributed by atoms with van der Waals surface area (Å²) in [5.41, 5.74) is -1.66. The van der Waals surface area contributed by atoms with Crippen LogP contribution in [0.25, 0.3) is 0 Å². The molecule has 0 saturated carbocycles. The number of carbonyl (C=O) groups excluding carboxylic acids is 2. The minimum atomic E-state index is -2.58. The Bertz CT molecular complexity index is 1320. The zero-order chi connectivity index (χ0) is 26.0. The number of phenols is 1. The number of methoxy groups -OCH3 is 1. The van der Waals surface area contributed by atoms with Gasteiger partial charge in [-0.2, -0.15) is 0 Å². The van der Waals surface area contributed by atoms with Gasteiger partial charge in [-0.1, -0.05) is 18.7 Å². The van der Waals surface area contributed by atoms with Crippen LogP contribution >= 0.6 is 23.2 Å². The summed E-state index contributed by atoms with van der Waals surface area (Å²) in [4.78, 5) is 21.7. The van der Waals surface area contributed by atoms with Crippen LogP contribution in [0.4, 0.5) is 27.6 Å². The van der Waals surface area contributed by atoms with E-state index in [-0.39, 0.29) is 21.8 Å². The van der Waals surface area contributed by atoms with E-state index in [1.807, 2.05) is 0 Å². The maximum Gasteiger partial charge on any atom is 0.258 e. The Morgan fingerprint density at radius 1 is 1.06 bits per heavy atom. The first-order valence-electron chi connectivity index (χ1n) is 9.84. The summed E-state index contributed by atoms with van der Waals surface area (Å²) < 4.78 is 75.8. The van der Waals surface area contributed by atoms with Crippen LogP contribution in [0, 0.1) is 29.1 Å². The van der Waals surface area contributed by atoms with Crippen molar-refractivity contribution in [3.05, 3.63) is 77.2 Å². The number of anilines is 1. The van der Waals surface area contributed by atoms with Gasteiger partial charge in [-0.05, 0) is 30.2 Å². The molecule has 2 aromatic carbocycles. The lowest BCUT2D eigenvalue weighted by molar-refractivity contribution is -0.122. The van der Waals surface area contributed by atoms with Crippen LogP contribution in [-0.4, -0.2) is 33.8 Å². The molecule has 5 nitrogen and oxygen atoms in total. The van der Waals surface area contributed by atoms with Crippen molar-refractivity contribution in [2.24, 2.45) is 0 Å². The van der Waals surface area contributed by atoms with Crippen molar-refractivity contribution in [3.8, 4) is 11.5 Å². The lowest BCUT2D eigenvalue weighted by atomic mass is 9.68. The monoisotopic (exact) mass is 533 g/mol. The largest absolute Gasteiger partial charge is 0.508 e. The van der Waals surface area contributed by atoms with E-state index < -0.39 is 74.4 Å². The Hall–Kier alpha value is -3.11. The van der Waals surface area contributed by atoms with Gasteiger partial charge in [-0.25, -0.2) is 26.9 Å². The van der Waals surface area contributed by atoms with Gasteiger partial charge in [0, 0.05) is 11.5 Å². The molecular weight excluding hydrogens is 520 g/mol. The van der Waals surface area contributed by atoms with Gasteiger partial charge >= 0.3 is 0 Å². The summed E-state index contributed by atoms with van der Waals surface area (Å²) >= 11 is 13.3. The normalized spacial score (nSPS) is 26.0. The summed E-state index contributed by atoms with van der Waals surface area (Å²) in [6.07, 6.45) is 2.18. The molecule has 1 heterocycles. The van der Waals surface area contributed by atoms with Gasteiger partial charge in [0.2, 0.25) is 5.82 Å². The second kappa shape index (κ2) is 8.23. The summed E-state index contributed by atoms with van der Waals surface area (Å²) in [6, 6.07) is 3.89. The molecule has 35 heavy (non-hydrogen) atoms. The maximum absolute atomic E-state index is 14.6. The second-order valence-electron chi connectivity index (χ2n) is 7.85. The van der Waals surface area contributed by atoms with Crippen molar-refractivity contribution < 1.29 is 41.4 Å². The van der Waals surface area contributed by atoms with Crippen molar-refractivity contribution in [1.29, 1.82) is 0 Å². The van der Waals surface area contributed by atoms with E-state index in [0.717, 1.165) is 0 Å². The number of imide groups is 1. The zero-order valence-corrected chi connectivity index (χ0v) is 19.2. The molecule has 1 N–H and O–H groups in total. The molecule has 0 bridgehead atoms. The number of allylic oxidation sites excluding steroid dienone is 3. The Morgan fingerprint density at radius 2 is 1.63 bits per heavy atom. The number of amides is 2. The summed E-state index contributed by atoms with van der Waals surface area (Å²) in [7, 11) is 1.32. The van der Waals surface area contributed by atoms with E-state index in [0.29, 0.717) is 0 Å². The summed E-state index contributed by atoms with van der Waals surface area (Å²) in [5.74, 6) is -16.7. The van der Waals surface area contributed by atoms with Gasteiger partial charge in [0.15, 0.2) is 33.0 Å². The highest BCUT2D eigenvalue weighted by molar-refractivity contribution is 6.58. The van der Waals surface area contributed by atoms with Gasteiger partial charge in [0.1, 0.15) is 17.2 Å². The molecule has 1 fully saturated rings. The molecule has 4 rings (SSSR count). The molecule has 2 amide bonds. The SMILES string of the molecule is C=CC1=CCC2(Cl)C(=O)N(c3c(F)c(F)c(F)c(F)c3F)C(=O)C2(Cl)C1c1cc(OC)ccc1O. The minimum absolute atomic E-state index is 0.0596. The number of phenolic OH excluding ortho intramolecular Hbond substituents is 1. The fourth-order valence-corrected chi connectivity index (χ4v) is 5.27. The standard InChI is InChI=1S/C23H14Cl2F5NO4/c1-3-9-6-7-22(24)20(33)31(19-17(29)15(27)14(26)16(28)18(19)30)21(34)23(22,25)13(9)11-8-10(35-2)4-5-12(11)32/h3-6,8,13,32H,1,7H2,2H3. The van der Waals surface area contributed by atoms with Crippen LogP contribution in [-0.2, 0) is 9.59 Å². The Kier molecular flexibility index (Phi) is 5.88. The molecule has 2 aliphatic rings. The number of nitrogens with zero attached hydrogens (tertiary/aromatic N) is 1. The number of carbonyl (C=O) groups is 2. The number of aromatic hydroxyl groups is 1. The van der Waals surface area contributed by atoms with Crippen LogP contribution in [0.2, 0.25) is 0 Å². The molecule has 0 aromatic heterocycles. The van der Waals surface area contributed by atoms with Gasteiger partial charge in [0.05, 0.1) is 7.11 Å². The highest BCUT2D eigenvalue weighted by atomic mass is 35.5. The topological polar surface area (TPSA) is 66.8 Å². The molecular formula is C23H14Cl2F5NO4. The number of fused-ring (bicyclic) bond motifs is 1. The fourth-order valence-electron chi connectivity index (χ4n) is 4.43. The van der Waals surface area contributed by atoms with Crippen LogP contribution in [0.5, 0.6) is 11.5 Å². The summed E-state index contributed by atoms with van der Waals surface area (Å²) in [6.45, 7) is 3.63. The van der Waals surface area contributed by atoms with Crippen LogP contribution in [0.1, 0.15) is 17.9 Å². The first kappa shape index (κ1) is 25.0. The fraction of sp³-hybridized carbons (Fsp3) is 0.217. The molecule has 184 valence electrons. The van der Waals surface area contributed by atoms with Crippen molar-refractivity contribution >= 4 is 40.7 Å². The van der Waals surface area contributed by atoms with Crippen LogP contribution in [0.15, 0.2) is 42.5 Å². The lowest BCUT2D eigenvalue weighted by Gasteiger charge is -2.42. The summed E-state index contributed by atoms with van der Waals surface area (Å²) in [5, 5.41) is 10.6. The van der Waals surface area contributed by atoms with E-state index in [1.54, 1.807) is 0 Å². The van der Waals surface area contributed by atoms with Gasteiger partial charge < -0.3 is 9.84 Å². The average Bonchev–Trinajstić information content (AvgIpc) is 2.99. The quantitative estimate of drug-likeness (QED) is 0.192.